The van der Waals surface area contributed by atoms with Crippen LogP contribution in [-0.4, -0.2) is 18.2 Å². The number of aromatic hydroxyl groups is 1. The van der Waals surface area contributed by atoms with Crippen molar-refractivity contribution in [2.75, 3.05) is 7.11 Å². The van der Waals surface area contributed by atoms with Crippen LogP contribution in [0.3, 0.4) is 0 Å². The average molecular weight is 292 g/mol. The lowest BCUT2D eigenvalue weighted by molar-refractivity contribution is 0.0602. The van der Waals surface area contributed by atoms with Crippen molar-refractivity contribution in [1.29, 1.82) is 0 Å². The molecule has 0 radical (unpaired) electrons. The summed E-state index contributed by atoms with van der Waals surface area (Å²) >= 11 is 0. The lowest BCUT2D eigenvalue weighted by atomic mass is 9.94. The van der Waals surface area contributed by atoms with Gasteiger partial charge in [0, 0.05) is 0 Å². The second-order valence-electron chi connectivity index (χ2n) is 5.16. The van der Waals surface area contributed by atoms with Gasteiger partial charge in [-0.05, 0) is 40.5 Å². The van der Waals surface area contributed by atoms with Crippen LogP contribution in [0.25, 0.3) is 10.8 Å². The zero-order chi connectivity index (χ0) is 15.5. The van der Waals surface area contributed by atoms with Crippen molar-refractivity contribution < 1.29 is 14.6 Å². The maximum Gasteiger partial charge on any atom is 0.338 e. The van der Waals surface area contributed by atoms with Gasteiger partial charge < -0.3 is 9.84 Å². The van der Waals surface area contributed by atoms with Crippen molar-refractivity contribution in [3.63, 3.8) is 0 Å². The quantitative estimate of drug-likeness (QED) is 0.744. The predicted molar refractivity (Wildman–Crippen MR) is 86.2 cm³/mol. The van der Waals surface area contributed by atoms with Crippen LogP contribution in [0.2, 0.25) is 0 Å². The van der Waals surface area contributed by atoms with Gasteiger partial charge in [-0.2, -0.15) is 0 Å². The molecule has 3 aromatic rings. The van der Waals surface area contributed by atoms with E-state index in [0.717, 1.165) is 21.9 Å². The summed E-state index contributed by atoms with van der Waals surface area (Å²) in [7, 11) is 1.40. The number of benzene rings is 3. The molecule has 22 heavy (non-hydrogen) atoms. The molecule has 0 spiro atoms. The molecule has 0 fully saturated rings. The van der Waals surface area contributed by atoms with Crippen LogP contribution >= 0.6 is 0 Å². The van der Waals surface area contributed by atoms with E-state index in [1.165, 1.54) is 7.11 Å². The first-order valence-corrected chi connectivity index (χ1v) is 7.06. The minimum absolute atomic E-state index is 0.232. The van der Waals surface area contributed by atoms with Gasteiger partial charge in [0.05, 0.1) is 12.7 Å². The van der Waals surface area contributed by atoms with Crippen LogP contribution in [0, 0.1) is 0 Å². The third kappa shape index (κ3) is 2.66. The number of hydrogen-bond acceptors (Lipinski definition) is 3. The Labute approximate surface area is 128 Å². The highest BCUT2D eigenvalue weighted by atomic mass is 16.5. The van der Waals surface area contributed by atoms with Gasteiger partial charge >= 0.3 is 5.97 Å². The van der Waals surface area contributed by atoms with Crippen LogP contribution in [-0.2, 0) is 11.2 Å². The highest BCUT2D eigenvalue weighted by Gasteiger charge is 2.16. The highest BCUT2D eigenvalue weighted by molar-refractivity contribution is 6.05. The first kappa shape index (κ1) is 14.1. The number of carbonyl (C=O) groups is 1. The number of fused-ring (bicyclic) bond motifs is 1. The summed E-state index contributed by atoms with van der Waals surface area (Å²) in [5, 5.41) is 11.3. The number of methoxy groups -OCH3 is 1. The SMILES string of the molecule is COC(=O)c1c(Cc2ccc(O)cc2)ccc2ccccc12. The van der Waals surface area contributed by atoms with E-state index in [9.17, 15) is 9.90 Å². The molecule has 0 saturated carbocycles. The Hall–Kier alpha value is -2.81. The second-order valence-corrected chi connectivity index (χ2v) is 5.16. The van der Waals surface area contributed by atoms with Gasteiger partial charge in [0.15, 0.2) is 0 Å². The smallest absolute Gasteiger partial charge is 0.338 e. The molecule has 0 aliphatic heterocycles. The number of rotatable bonds is 3. The van der Waals surface area contributed by atoms with E-state index in [1.807, 2.05) is 48.5 Å². The number of phenols is 1. The third-order valence-electron chi connectivity index (χ3n) is 3.74. The molecule has 110 valence electrons. The van der Waals surface area contributed by atoms with Crippen LogP contribution in [0.15, 0.2) is 60.7 Å². The topological polar surface area (TPSA) is 46.5 Å². The number of carbonyl (C=O) groups excluding carboxylic acids is 1. The molecule has 0 bridgehead atoms. The molecule has 0 amide bonds. The molecular formula is C19H16O3. The van der Waals surface area contributed by atoms with Crippen molar-refractivity contribution in [2.45, 2.75) is 6.42 Å². The summed E-state index contributed by atoms with van der Waals surface area (Å²) in [5.41, 5.74) is 2.54. The van der Waals surface area contributed by atoms with E-state index in [0.29, 0.717) is 12.0 Å². The van der Waals surface area contributed by atoms with Crippen LogP contribution in [0.4, 0.5) is 0 Å². The standard InChI is InChI=1S/C19H16O3/c1-22-19(21)18-15(12-13-6-10-16(20)11-7-13)9-8-14-4-2-3-5-17(14)18/h2-11,20H,12H2,1H3. The molecule has 3 rings (SSSR count). The summed E-state index contributed by atoms with van der Waals surface area (Å²) in [6.07, 6.45) is 0.607. The van der Waals surface area contributed by atoms with Gasteiger partial charge in [0.25, 0.3) is 0 Å². The molecule has 1 N–H and O–H groups in total. The molecule has 0 aliphatic carbocycles. The normalized spacial score (nSPS) is 10.6. The highest BCUT2D eigenvalue weighted by Crippen LogP contribution is 2.25. The second kappa shape index (κ2) is 5.90. The number of phenolic OH excluding ortho intramolecular Hbond substituents is 1. The maximum absolute atomic E-state index is 12.2. The fraction of sp³-hybridized carbons (Fsp3) is 0.105. The Balaban J connectivity index is 2.12. The Morgan fingerprint density at radius 2 is 1.73 bits per heavy atom. The Morgan fingerprint density at radius 3 is 2.45 bits per heavy atom. The zero-order valence-corrected chi connectivity index (χ0v) is 12.2. The minimum Gasteiger partial charge on any atom is -0.508 e. The van der Waals surface area contributed by atoms with E-state index in [4.69, 9.17) is 4.74 Å². The van der Waals surface area contributed by atoms with Gasteiger partial charge in [-0.25, -0.2) is 4.79 Å². The molecule has 0 aromatic heterocycles. The first-order chi connectivity index (χ1) is 10.7. The van der Waals surface area contributed by atoms with Crippen molar-refractivity contribution in [2.24, 2.45) is 0 Å². The fourth-order valence-electron chi connectivity index (χ4n) is 2.64. The summed E-state index contributed by atoms with van der Waals surface area (Å²) in [6, 6.07) is 18.7. The predicted octanol–water partition coefficient (Wildman–Crippen LogP) is 3.92. The van der Waals surface area contributed by atoms with Crippen LogP contribution < -0.4 is 0 Å². The summed E-state index contributed by atoms with van der Waals surface area (Å²) in [6.45, 7) is 0. The number of ether oxygens (including phenoxy) is 1. The molecule has 0 unspecified atom stereocenters. The van der Waals surface area contributed by atoms with Gasteiger partial charge in [0.2, 0.25) is 0 Å². The van der Waals surface area contributed by atoms with Gasteiger partial charge in [-0.15, -0.1) is 0 Å². The minimum atomic E-state index is -0.328. The molecule has 3 nitrogen and oxygen atoms in total. The molecule has 3 heteroatoms. The summed E-state index contributed by atoms with van der Waals surface area (Å²) in [4.78, 5) is 12.2. The summed E-state index contributed by atoms with van der Waals surface area (Å²) in [5.74, 6) is -0.0963. The average Bonchev–Trinajstić information content (AvgIpc) is 2.56. The Bertz CT molecular complexity index is 820. The largest absolute Gasteiger partial charge is 0.508 e. The van der Waals surface area contributed by atoms with E-state index < -0.39 is 0 Å². The van der Waals surface area contributed by atoms with Gasteiger partial charge in [-0.1, -0.05) is 48.5 Å². The molecular weight excluding hydrogens is 276 g/mol. The molecule has 0 atom stereocenters. The van der Waals surface area contributed by atoms with Crippen molar-refractivity contribution in [3.8, 4) is 5.75 Å². The summed E-state index contributed by atoms with van der Waals surface area (Å²) < 4.78 is 4.96. The van der Waals surface area contributed by atoms with Gasteiger partial charge in [0.1, 0.15) is 5.75 Å². The third-order valence-corrected chi connectivity index (χ3v) is 3.74. The Morgan fingerprint density at radius 1 is 1.00 bits per heavy atom. The van der Waals surface area contributed by atoms with E-state index in [2.05, 4.69) is 0 Å². The van der Waals surface area contributed by atoms with Crippen LogP contribution in [0.5, 0.6) is 5.75 Å². The molecule has 0 saturated heterocycles. The molecule has 0 aliphatic rings. The maximum atomic E-state index is 12.2. The first-order valence-electron chi connectivity index (χ1n) is 7.06. The van der Waals surface area contributed by atoms with Crippen molar-refractivity contribution >= 4 is 16.7 Å². The molecule has 0 heterocycles. The monoisotopic (exact) mass is 292 g/mol. The fourth-order valence-corrected chi connectivity index (χ4v) is 2.64. The van der Waals surface area contributed by atoms with Crippen molar-refractivity contribution in [1.82, 2.24) is 0 Å². The van der Waals surface area contributed by atoms with E-state index in [1.54, 1.807) is 12.1 Å². The lowest BCUT2D eigenvalue weighted by Crippen LogP contribution is -2.07. The lowest BCUT2D eigenvalue weighted by Gasteiger charge is -2.12. The zero-order valence-electron chi connectivity index (χ0n) is 12.2. The van der Waals surface area contributed by atoms with E-state index >= 15 is 0 Å². The van der Waals surface area contributed by atoms with Crippen LogP contribution in [0.1, 0.15) is 21.5 Å². The number of esters is 1. The van der Waals surface area contributed by atoms with E-state index in [-0.39, 0.29) is 11.7 Å². The molecule has 3 aromatic carbocycles. The number of hydrogen-bond donors (Lipinski definition) is 1. The Kier molecular flexibility index (Phi) is 3.79. The van der Waals surface area contributed by atoms with Crippen molar-refractivity contribution in [3.05, 3.63) is 77.4 Å². The van der Waals surface area contributed by atoms with Gasteiger partial charge in [-0.3, -0.25) is 0 Å².